The lowest BCUT2D eigenvalue weighted by molar-refractivity contribution is -0.138. The van der Waals surface area contributed by atoms with Gasteiger partial charge in [0.1, 0.15) is 5.54 Å². The van der Waals surface area contributed by atoms with Crippen molar-refractivity contribution >= 4 is 23.3 Å². The number of nitrogens with one attached hydrogen (secondary N) is 2. The molecule has 0 aliphatic carbocycles. The summed E-state index contributed by atoms with van der Waals surface area (Å²) in [6.45, 7) is 6.44. The summed E-state index contributed by atoms with van der Waals surface area (Å²) in [5.41, 5.74) is -0.376. The van der Waals surface area contributed by atoms with Crippen molar-refractivity contribution < 1.29 is 23.2 Å². The molecule has 0 aromatic heterocycles. The van der Waals surface area contributed by atoms with Gasteiger partial charge in [0.15, 0.2) is 17.4 Å². The van der Waals surface area contributed by atoms with Crippen molar-refractivity contribution in [2.45, 2.75) is 38.3 Å². The molecule has 3 aliphatic heterocycles. The van der Waals surface area contributed by atoms with Crippen molar-refractivity contribution in [2.24, 2.45) is 11.8 Å². The van der Waals surface area contributed by atoms with Gasteiger partial charge < -0.3 is 20.4 Å². The van der Waals surface area contributed by atoms with Crippen LogP contribution in [0.15, 0.2) is 18.2 Å². The van der Waals surface area contributed by atoms with Gasteiger partial charge in [0, 0.05) is 62.4 Å². The van der Waals surface area contributed by atoms with Gasteiger partial charge in [-0.25, -0.2) is 8.78 Å². The van der Waals surface area contributed by atoms with Gasteiger partial charge >= 0.3 is 0 Å². The highest BCUT2D eigenvalue weighted by atomic mass is 19.2. The highest BCUT2D eigenvalue weighted by Crippen LogP contribution is 2.35. The number of hydrogen-bond donors (Lipinski definition) is 2. The third-order valence-corrected chi connectivity index (χ3v) is 6.88. The standard InChI is InChI=1S/C22H28F2N4O3/c1-13(9-22(15-10-25-11-15)19(29)8-20(30)26-22)21(31)27-5-6-28(14(2)12-27)16-3-4-17(23)18(24)7-16/h3-4,7,13-15,25H,5-6,8-12H2,1-2H3,(H,26,30)/t13?,14-,22?/m0/s1. The number of Topliss-reactive ketones (excluding diaryl/α,β-unsaturated/α-hetero) is 1. The lowest BCUT2D eigenvalue weighted by Crippen LogP contribution is -2.64. The van der Waals surface area contributed by atoms with E-state index in [9.17, 15) is 23.2 Å². The zero-order valence-electron chi connectivity index (χ0n) is 17.8. The molecule has 31 heavy (non-hydrogen) atoms. The number of hydrogen-bond acceptors (Lipinski definition) is 5. The summed E-state index contributed by atoms with van der Waals surface area (Å²) < 4.78 is 26.9. The second-order valence-electron chi connectivity index (χ2n) is 9.00. The number of benzene rings is 1. The van der Waals surface area contributed by atoms with Crippen LogP contribution < -0.4 is 15.5 Å². The number of carbonyl (C=O) groups excluding carboxylic acids is 3. The first-order chi connectivity index (χ1) is 14.7. The van der Waals surface area contributed by atoms with Gasteiger partial charge in [0.25, 0.3) is 0 Å². The Hall–Kier alpha value is -2.55. The van der Waals surface area contributed by atoms with Gasteiger partial charge in [0.2, 0.25) is 11.8 Å². The van der Waals surface area contributed by atoms with Crippen molar-refractivity contribution in [3.63, 3.8) is 0 Å². The van der Waals surface area contributed by atoms with Crippen LogP contribution in [0.5, 0.6) is 0 Å². The Labute approximate surface area is 180 Å². The van der Waals surface area contributed by atoms with Crippen molar-refractivity contribution in [2.75, 3.05) is 37.6 Å². The Kier molecular flexibility index (Phi) is 5.72. The molecule has 1 aromatic rings. The number of piperazine rings is 1. The number of amides is 2. The first-order valence-corrected chi connectivity index (χ1v) is 10.8. The van der Waals surface area contributed by atoms with E-state index in [1.807, 2.05) is 11.8 Å². The molecule has 168 valence electrons. The normalized spacial score (nSPS) is 27.8. The molecule has 7 nitrogen and oxygen atoms in total. The van der Waals surface area contributed by atoms with E-state index in [1.165, 1.54) is 6.07 Å². The van der Waals surface area contributed by atoms with E-state index < -0.39 is 23.1 Å². The maximum absolute atomic E-state index is 13.6. The van der Waals surface area contributed by atoms with Gasteiger partial charge in [0.05, 0.1) is 6.42 Å². The molecule has 0 spiro atoms. The fourth-order valence-corrected chi connectivity index (χ4v) is 5.05. The number of halogens is 2. The van der Waals surface area contributed by atoms with Crippen LogP contribution in [0.3, 0.4) is 0 Å². The van der Waals surface area contributed by atoms with E-state index in [0.29, 0.717) is 44.8 Å². The topological polar surface area (TPSA) is 81.7 Å². The first-order valence-electron chi connectivity index (χ1n) is 10.8. The van der Waals surface area contributed by atoms with Gasteiger partial charge in [-0.2, -0.15) is 0 Å². The summed E-state index contributed by atoms with van der Waals surface area (Å²) in [4.78, 5) is 41.5. The number of rotatable bonds is 5. The van der Waals surface area contributed by atoms with Crippen molar-refractivity contribution in [3.05, 3.63) is 29.8 Å². The van der Waals surface area contributed by atoms with Crippen LogP contribution in [0.4, 0.5) is 14.5 Å². The molecule has 4 rings (SSSR count). The third-order valence-electron chi connectivity index (χ3n) is 6.88. The zero-order valence-corrected chi connectivity index (χ0v) is 17.8. The van der Waals surface area contributed by atoms with E-state index in [-0.39, 0.29) is 36.0 Å². The first kappa shape index (κ1) is 21.7. The molecule has 1 aromatic carbocycles. The number of carbonyl (C=O) groups is 3. The Balaban J connectivity index is 1.42. The van der Waals surface area contributed by atoms with E-state index in [4.69, 9.17) is 0 Å². The zero-order chi connectivity index (χ0) is 22.3. The van der Waals surface area contributed by atoms with Crippen LogP contribution in [0.25, 0.3) is 0 Å². The number of anilines is 1. The maximum atomic E-state index is 13.6. The maximum Gasteiger partial charge on any atom is 0.228 e. The fraction of sp³-hybridized carbons (Fsp3) is 0.591. The molecule has 9 heteroatoms. The highest BCUT2D eigenvalue weighted by Gasteiger charge is 2.54. The smallest absolute Gasteiger partial charge is 0.228 e. The summed E-state index contributed by atoms with van der Waals surface area (Å²) in [6, 6.07) is 3.75. The lowest BCUT2D eigenvalue weighted by atomic mass is 9.72. The molecule has 3 heterocycles. The minimum atomic E-state index is -0.962. The van der Waals surface area contributed by atoms with E-state index in [2.05, 4.69) is 10.6 Å². The van der Waals surface area contributed by atoms with Crippen LogP contribution in [0.1, 0.15) is 26.7 Å². The average molecular weight is 434 g/mol. The molecule has 0 radical (unpaired) electrons. The Bertz CT molecular complexity index is 907. The number of ketones is 1. The largest absolute Gasteiger partial charge is 0.365 e. The predicted octanol–water partition coefficient (Wildman–Crippen LogP) is 1.08. The van der Waals surface area contributed by atoms with Crippen LogP contribution in [-0.2, 0) is 14.4 Å². The van der Waals surface area contributed by atoms with Gasteiger partial charge in [-0.1, -0.05) is 6.92 Å². The Morgan fingerprint density at radius 1 is 1.23 bits per heavy atom. The second kappa shape index (κ2) is 8.18. The van der Waals surface area contributed by atoms with Gasteiger partial charge in [-0.15, -0.1) is 0 Å². The molecule has 3 aliphatic rings. The second-order valence-corrected chi connectivity index (χ2v) is 9.00. The predicted molar refractivity (Wildman–Crippen MR) is 110 cm³/mol. The molecule has 2 N–H and O–H groups in total. The van der Waals surface area contributed by atoms with E-state index in [1.54, 1.807) is 17.9 Å². The molecule has 0 saturated carbocycles. The van der Waals surface area contributed by atoms with E-state index >= 15 is 0 Å². The molecule has 3 fully saturated rings. The van der Waals surface area contributed by atoms with Gasteiger partial charge in [-0.05, 0) is 25.5 Å². The molecule has 0 bridgehead atoms. The third kappa shape index (κ3) is 3.91. The molecule has 2 amide bonds. The molecular formula is C22H28F2N4O3. The fourth-order valence-electron chi connectivity index (χ4n) is 5.05. The summed E-state index contributed by atoms with van der Waals surface area (Å²) in [7, 11) is 0. The number of nitrogens with zero attached hydrogens (tertiary/aromatic N) is 2. The molecular weight excluding hydrogens is 406 g/mol. The summed E-state index contributed by atoms with van der Waals surface area (Å²) >= 11 is 0. The summed E-state index contributed by atoms with van der Waals surface area (Å²) in [5.74, 6) is -2.65. The van der Waals surface area contributed by atoms with Crippen LogP contribution in [0.2, 0.25) is 0 Å². The van der Waals surface area contributed by atoms with Crippen LogP contribution >= 0.6 is 0 Å². The van der Waals surface area contributed by atoms with Gasteiger partial charge in [-0.3, -0.25) is 14.4 Å². The van der Waals surface area contributed by atoms with E-state index in [0.717, 1.165) is 6.07 Å². The monoisotopic (exact) mass is 434 g/mol. The Morgan fingerprint density at radius 3 is 2.52 bits per heavy atom. The summed E-state index contributed by atoms with van der Waals surface area (Å²) in [5, 5.41) is 6.02. The van der Waals surface area contributed by atoms with Crippen LogP contribution in [0, 0.1) is 23.5 Å². The molecule has 2 unspecified atom stereocenters. The van der Waals surface area contributed by atoms with Crippen molar-refractivity contribution in [1.29, 1.82) is 0 Å². The minimum absolute atomic E-state index is 0.00541. The highest BCUT2D eigenvalue weighted by molar-refractivity contribution is 6.10. The SMILES string of the molecule is CC(CC1(C2CNC2)NC(=O)CC1=O)C(=O)N1CCN(c2ccc(F)c(F)c2)[C@@H](C)C1. The Morgan fingerprint density at radius 2 is 1.97 bits per heavy atom. The summed E-state index contributed by atoms with van der Waals surface area (Å²) in [6.07, 6.45) is 0.169. The quantitative estimate of drug-likeness (QED) is 0.678. The molecule has 3 saturated heterocycles. The van der Waals surface area contributed by atoms with Crippen molar-refractivity contribution in [3.8, 4) is 0 Å². The molecule has 3 atom stereocenters. The van der Waals surface area contributed by atoms with Crippen LogP contribution in [-0.4, -0.2) is 66.8 Å². The lowest BCUT2D eigenvalue weighted by Gasteiger charge is -2.45. The van der Waals surface area contributed by atoms with Crippen molar-refractivity contribution in [1.82, 2.24) is 15.5 Å². The average Bonchev–Trinajstić information content (AvgIpc) is 2.95. The minimum Gasteiger partial charge on any atom is -0.365 e.